The van der Waals surface area contributed by atoms with E-state index in [9.17, 15) is 4.79 Å². The van der Waals surface area contributed by atoms with Crippen LogP contribution in [0.2, 0.25) is 0 Å². The molecular weight excluding hydrogens is 228 g/mol. The van der Waals surface area contributed by atoms with Gasteiger partial charge < -0.3 is 10.1 Å². The van der Waals surface area contributed by atoms with Crippen LogP contribution in [0.25, 0.3) is 0 Å². The van der Waals surface area contributed by atoms with Gasteiger partial charge in [-0.25, -0.2) is 0 Å². The molecule has 1 aliphatic rings. The average Bonchev–Trinajstić information content (AvgIpc) is 2.31. The van der Waals surface area contributed by atoms with Gasteiger partial charge in [0, 0.05) is 25.2 Å². The molecule has 3 unspecified atom stereocenters. The van der Waals surface area contributed by atoms with Crippen LogP contribution in [0.5, 0.6) is 0 Å². The second-order valence-corrected chi connectivity index (χ2v) is 5.88. The van der Waals surface area contributed by atoms with Gasteiger partial charge in [0.25, 0.3) is 0 Å². The van der Waals surface area contributed by atoms with Crippen molar-refractivity contribution in [3.8, 4) is 0 Å². The highest BCUT2D eigenvalue weighted by Gasteiger charge is 2.28. The molecule has 1 heterocycles. The zero-order valence-electron chi connectivity index (χ0n) is 12.4. The predicted octanol–water partition coefficient (Wildman–Crippen LogP) is 1.65. The van der Waals surface area contributed by atoms with E-state index in [2.05, 4.69) is 37.9 Å². The molecule has 0 saturated carbocycles. The van der Waals surface area contributed by atoms with Crippen LogP contribution >= 0.6 is 0 Å². The summed E-state index contributed by atoms with van der Waals surface area (Å²) in [5, 5.41) is 3.30. The molecule has 1 N–H and O–H groups in total. The van der Waals surface area contributed by atoms with Gasteiger partial charge in [-0.15, -0.1) is 0 Å². The molecule has 1 rings (SSSR count). The lowest BCUT2D eigenvalue weighted by molar-refractivity contribution is -0.144. The van der Waals surface area contributed by atoms with Crippen LogP contribution in [0.4, 0.5) is 0 Å². The van der Waals surface area contributed by atoms with Crippen molar-refractivity contribution >= 4 is 5.97 Å². The molecule has 4 nitrogen and oxygen atoms in total. The third kappa shape index (κ3) is 4.58. The molecule has 4 heteroatoms. The normalized spacial score (nSPS) is 27.2. The molecule has 0 aromatic carbocycles. The van der Waals surface area contributed by atoms with Gasteiger partial charge >= 0.3 is 5.97 Å². The van der Waals surface area contributed by atoms with Crippen molar-refractivity contribution in [1.82, 2.24) is 10.2 Å². The van der Waals surface area contributed by atoms with E-state index in [1.54, 1.807) is 0 Å². The highest BCUT2D eigenvalue weighted by molar-refractivity contribution is 5.76. The minimum atomic E-state index is -0.220. The summed E-state index contributed by atoms with van der Waals surface area (Å²) in [6.45, 7) is 10.5. The minimum absolute atomic E-state index is 0.158. The van der Waals surface area contributed by atoms with Crippen LogP contribution in [-0.4, -0.2) is 49.2 Å². The lowest BCUT2D eigenvalue weighted by Crippen LogP contribution is -2.53. The Labute approximate surface area is 111 Å². The largest absolute Gasteiger partial charge is 0.468 e. The number of ether oxygens (including phenoxy) is 1. The molecule has 1 saturated heterocycles. The summed E-state index contributed by atoms with van der Waals surface area (Å²) in [6, 6.07) is 0.622. The van der Waals surface area contributed by atoms with Crippen LogP contribution in [0, 0.1) is 5.92 Å². The first-order chi connectivity index (χ1) is 8.43. The van der Waals surface area contributed by atoms with Crippen molar-refractivity contribution in [2.45, 2.75) is 58.7 Å². The third-order valence-corrected chi connectivity index (χ3v) is 3.68. The Balaban J connectivity index is 2.60. The first-order valence-corrected chi connectivity index (χ1v) is 7.02. The fourth-order valence-corrected chi connectivity index (χ4v) is 2.61. The van der Waals surface area contributed by atoms with Crippen molar-refractivity contribution in [3.63, 3.8) is 0 Å². The number of carbonyl (C=O) groups is 1. The topological polar surface area (TPSA) is 41.6 Å². The molecule has 106 valence electrons. The van der Waals surface area contributed by atoms with E-state index in [-0.39, 0.29) is 18.1 Å². The van der Waals surface area contributed by atoms with Crippen LogP contribution in [0.3, 0.4) is 0 Å². The van der Waals surface area contributed by atoms with Crippen molar-refractivity contribution in [1.29, 1.82) is 0 Å². The summed E-state index contributed by atoms with van der Waals surface area (Å²) in [5.41, 5.74) is 0. The number of rotatable bonds is 5. The molecule has 0 aromatic heterocycles. The van der Waals surface area contributed by atoms with Crippen LogP contribution in [0.15, 0.2) is 0 Å². The van der Waals surface area contributed by atoms with E-state index in [1.165, 1.54) is 20.0 Å². The fraction of sp³-hybridized carbons (Fsp3) is 0.929. The van der Waals surface area contributed by atoms with E-state index in [0.717, 1.165) is 19.0 Å². The number of piperidine rings is 1. The maximum Gasteiger partial charge on any atom is 0.324 e. The lowest BCUT2D eigenvalue weighted by Gasteiger charge is -2.38. The maximum atomic E-state index is 11.8. The second kappa shape index (κ2) is 7.10. The Hall–Kier alpha value is -0.610. The van der Waals surface area contributed by atoms with Gasteiger partial charge in [0.05, 0.1) is 7.11 Å². The number of likely N-dealkylation sites (tertiary alicyclic amines) is 1. The number of hydrogen-bond acceptors (Lipinski definition) is 4. The van der Waals surface area contributed by atoms with Crippen molar-refractivity contribution in [2.75, 3.05) is 20.2 Å². The second-order valence-electron chi connectivity index (χ2n) is 5.88. The van der Waals surface area contributed by atoms with E-state index in [0.29, 0.717) is 6.04 Å². The van der Waals surface area contributed by atoms with Gasteiger partial charge in [0.1, 0.15) is 6.04 Å². The number of methoxy groups -OCH3 is 1. The summed E-state index contributed by atoms with van der Waals surface area (Å²) in [4.78, 5) is 14.2. The summed E-state index contributed by atoms with van der Waals surface area (Å²) < 4.78 is 4.89. The predicted molar refractivity (Wildman–Crippen MR) is 73.5 cm³/mol. The Morgan fingerprint density at radius 1 is 1.39 bits per heavy atom. The molecule has 0 bridgehead atoms. The van der Waals surface area contributed by atoms with Gasteiger partial charge in [-0.05, 0) is 25.7 Å². The molecule has 1 aliphatic heterocycles. The van der Waals surface area contributed by atoms with E-state index in [1.807, 2.05) is 0 Å². The number of hydrogen-bond donors (Lipinski definition) is 1. The maximum absolute atomic E-state index is 11.8. The van der Waals surface area contributed by atoms with E-state index in [4.69, 9.17) is 4.74 Å². The zero-order valence-corrected chi connectivity index (χ0v) is 12.4. The molecule has 1 fully saturated rings. The van der Waals surface area contributed by atoms with Gasteiger partial charge in [0.15, 0.2) is 0 Å². The quantitative estimate of drug-likeness (QED) is 0.759. The Morgan fingerprint density at radius 3 is 2.61 bits per heavy atom. The van der Waals surface area contributed by atoms with E-state index >= 15 is 0 Å². The molecule has 0 aliphatic carbocycles. The number of carbonyl (C=O) groups excluding carboxylic acids is 1. The molecule has 3 atom stereocenters. The van der Waals surface area contributed by atoms with Crippen LogP contribution < -0.4 is 5.32 Å². The summed E-state index contributed by atoms with van der Waals surface area (Å²) in [7, 11) is 1.46. The third-order valence-electron chi connectivity index (χ3n) is 3.68. The van der Waals surface area contributed by atoms with Crippen molar-refractivity contribution in [3.05, 3.63) is 0 Å². The van der Waals surface area contributed by atoms with E-state index < -0.39 is 0 Å². The Kier molecular flexibility index (Phi) is 6.09. The van der Waals surface area contributed by atoms with Gasteiger partial charge in [-0.1, -0.05) is 20.8 Å². The first kappa shape index (κ1) is 15.4. The molecule has 0 aromatic rings. The standard InChI is InChI=1S/C14H28N2O2/c1-10(2)15-13(14(17)18-5)9-16-8-11(3)6-7-12(16)4/h10-13,15H,6-9H2,1-5H3. The van der Waals surface area contributed by atoms with Crippen LogP contribution in [-0.2, 0) is 9.53 Å². The zero-order chi connectivity index (χ0) is 13.7. The highest BCUT2D eigenvalue weighted by Crippen LogP contribution is 2.21. The minimum Gasteiger partial charge on any atom is -0.468 e. The molecule has 0 amide bonds. The Morgan fingerprint density at radius 2 is 2.06 bits per heavy atom. The van der Waals surface area contributed by atoms with Crippen molar-refractivity contribution in [2.24, 2.45) is 5.92 Å². The number of nitrogens with one attached hydrogen (secondary N) is 1. The summed E-state index contributed by atoms with van der Waals surface area (Å²) in [5.74, 6) is 0.563. The first-order valence-electron chi connectivity index (χ1n) is 7.02. The average molecular weight is 256 g/mol. The van der Waals surface area contributed by atoms with Crippen molar-refractivity contribution < 1.29 is 9.53 Å². The molecule has 0 radical (unpaired) electrons. The Bertz CT molecular complexity index is 269. The number of esters is 1. The monoisotopic (exact) mass is 256 g/mol. The summed E-state index contributed by atoms with van der Waals surface area (Å²) in [6.07, 6.45) is 2.51. The summed E-state index contributed by atoms with van der Waals surface area (Å²) >= 11 is 0. The highest BCUT2D eigenvalue weighted by atomic mass is 16.5. The fourth-order valence-electron chi connectivity index (χ4n) is 2.61. The number of nitrogens with zero attached hydrogens (tertiary/aromatic N) is 1. The SMILES string of the molecule is COC(=O)C(CN1CC(C)CCC1C)NC(C)C. The molecule has 18 heavy (non-hydrogen) atoms. The van der Waals surface area contributed by atoms with Gasteiger partial charge in [0.2, 0.25) is 0 Å². The smallest absolute Gasteiger partial charge is 0.324 e. The molecule has 0 spiro atoms. The van der Waals surface area contributed by atoms with Gasteiger partial charge in [-0.3, -0.25) is 9.69 Å². The van der Waals surface area contributed by atoms with Crippen LogP contribution in [0.1, 0.15) is 40.5 Å². The van der Waals surface area contributed by atoms with Gasteiger partial charge in [-0.2, -0.15) is 0 Å². The molecular formula is C14H28N2O2. The lowest BCUT2D eigenvalue weighted by atomic mass is 9.94.